The molecule has 0 saturated carbocycles. The van der Waals surface area contributed by atoms with Crippen molar-refractivity contribution in [3.05, 3.63) is 12.2 Å². The maximum atomic E-state index is 2.58. The van der Waals surface area contributed by atoms with Crippen LogP contribution < -0.4 is 0 Å². The monoisotopic (exact) mass is 229 g/mol. The molecule has 1 nitrogen and oxygen atoms in total. The molecule has 1 fully saturated rings. The predicted octanol–water partition coefficient (Wildman–Crippen LogP) is 3.53. The number of fused-ring (bicyclic) bond motifs is 1. The van der Waals surface area contributed by atoms with E-state index in [1.807, 2.05) is 0 Å². The quantitative estimate of drug-likeness (QED) is 0.682. The summed E-state index contributed by atoms with van der Waals surface area (Å²) >= 11 is 4.30. The molecule has 3 unspecified atom stereocenters. The molecule has 0 aromatic heterocycles. The molecule has 3 atom stereocenters. The highest BCUT2D eigenvalue weighted by molar-refractivity contribution is 8.18. The van der Waals surface area contributed by atoms with Gasteiger partial charge in [0.15, 0.2) is 0 Å². The fraction of sp³-hybridized carbons (Fsp3) is 0.818. The highest BCUT2D eigenvalue weighted by Gasteiger charge is 2.34. The predicted molar refractivity (Wildman–Crippen MR) is 67.6 cm³/mol. The summed E-state index contributed by atoms with van der Waals surface area (Å²) in [5.74, 6) is 0. The van der Waals surface area contributed by atoms with Gasteiger partial charge < -0.3 is 0 Å². The lowest BCUT2D eigenvalue weighted by molar-refractivity contribution is 0.320. The fourth-order valence-corrected chi connectivity index (χ4v) is 5.50. The van der Waals surface area contributed by atoms with Crippen molar-refractivity contribution in [2.24, 2.45) is 0 Å². The Balaban J connectivity index is 1.88. The topological polar surface area (TPSA) is 3.24 Å². The van der Waals surface area contributed by atoms with Crippen molar-refractivity contribution in [1.82, 2.24) is 4.90 Å². The van der Waals surface area contributed by atoms with Crippen LogP contribution >= 0.6 is 23.5 Å². The Morgan fingerprint density at radius 1 is 1.43 bits per heavy atom. The lowest BCUT2D eigenvalue weighted by Crippen LogP contribution is -2.39. The summed E-state index contributed by atoms with van der Waals surface area (Å²) in [5.41, 5.74) is 0. The SMILES string of the molecule is CCCCC1SC(C)N2CC=CC2S1. The van der Waals surface area contributed by atoms with Gasteiger partial charge in [-0.1, -0.05) is 31.9 Å². The highest BCUT2D eigenvalue weighted by atomic mass is 32.2. The van der Waals surface area contributed by atoms with Crippen LogP contribution in [0.25, 0.3) is 0 Å². The van der Waals surface area contributed by atoms with Gasteiger partial charge >= 0.3 is 0 Å². The lowest BCUT2D eigenvalue weighted by atomic mass is 10.3. The molecule has 2 heterocycles. The van der Waals surface area contributed by atoms with E-state index >= 15 is 0 Å². The normalized spacial score (nSPS) is 37.4. The van der Waals surface area contributed by atoms with Crippen LogP contribution in [0.2, 0.25) is 0 Å². The number of nitrogens with zero attached hydrogens (tertiary/aromatic N) is 1. The van der Waals surface area contributed by atoms with Crippen LogP contribution in [-0.2, 0) is 0 Å². The summed E-state index contributed by atoms with van der Waals surface area (Å²) in [7, 11) is 0. The summed E-state index contributed by atoms with van der Waals surface area (Å²) in [4.78, 5) is 2.58. The number of unbranched alkanes of at least 4 members (excludes halogenated alkanes) is 1. The van der Waals surface area contributed by atoms with Gasteiger partial charge in [-0.2, -0.15) is 0 Å². The van der Waals surface area contributed by atoms with Crippen molar-refractivity contribution >= 4 is 23.5 Å². The van der Waals surface area contributed by atoms with Gasteiger partial charge in [0.05, 0.1) is 15.3 Å². The maximum absolute atomic E-state index is 2.58. The first-order chi connectivity index (χ1) is 6.81. The highest BCUT2D eigenvalue weighted by Crippen LogP contribution is 2.44. The molecule has 0 radical (unpaired) electrons. The zero-order valence-corrected chi connectivity index (χ0v) is 10.6. The van der Waals surface area contributed by atoms with Gasteiger partial charge in [-0.3, -0.25) is 4.90 Å². The molecule has 0 aromatic carbocycles. The Kier molecular flexibility index (Phi) is 3.86. The average Bonchev–Trinajstić information content (AvgIpc) is 2.63. The molecule has 80 valence electrons. The third kappa shape index (κ3) is 2.31. The second-order valence-electron chi connectivity index (χ2n) is 3.96. The molecule has 1 saturated heterocycles. The standard InChI is InChI=1S/C11H19NS2/c1-3-4-7-11-13-9(2)12-8-5-6-10(12)14-11/h5-6,9-11H,3-4,7-8H2,1-2H3. The van der Waals surface area contributed by atoms with E-state index in [-0.39, 0.29) is 0 Å². The number of hydrogen-bond acceptors (Lipinski definition) is 3. The van der Waals surface area contributed by atoms with E-state index in [1.165, 1.54) is 19.3 Å². The summed E-state index contributed by atoms with van der Waals surface area (Å²) in [6.45, 7) is 5.79. The molecule has 2 aliphatic heterocycles. The van der Waals surface area contributed by atoms with E-state index in [4.69, 9.17) is 0 Å². The van der Waals surface area contributed by atoms with Gasteiger partial charge in [0.2, 0.25) is 0 Å². The van der Waals surface area contributed by atoms with Crippen molar-refractivity contribution in [3.63, 3.8) is 0 Å². The van der Waals surface area contributed by atoms with Gasteiger partial charge in [0.25, 0.3) is 0 Å². The van der Waals surface area contributed by atoms with Crippen LogP contribution in [0.15, 0.2) is 12.2 Å². The fourth-order valence-electron chi connectivity index (χ4n) is 1.98. The van der Waals surface area contributed by atoms with Crippen molar-refractivity contribution in [3.8, 4) is 0 Å². The van der Waals surface area contributed by atoms with Crippen LogP contribution in [0.3, 0.4) is 0 Å². The molecule has 0 amide bonds. The zero-order valence-electron chi connectivity index (χ0n) is 8.98. The Bertz CT molecular complexity index is 217. The summed E-state index contributed by atoms with van der Waals surface area (Å²) in [6, 6.07) is 0. The molecule has 3 heteroatoms. The molecule has 0 N–H and O–H groups in total. The van der Waals surface area contributed by atoms with Gasteiger partial charge in [-0.25, -0.2) is 0 Å². The first kappa shape index (κ1) is 10.9. The maximum Gasteiger partial charge on any atom is 0.0767 e. The largest absolute Gasteiger partial charge is 0.273 e. The Morgan fingerprint density at radius 3 is 3.07 bits per heavy atom. The first-order valence-corrected chi connectivity index (χ1v) is 7.43. The molecule has 0 bridgehead atoms. The Labute approximate surface area is 95.7 Å². The van der Waals surface area contributed by atoms with E-state index in [9.17, 15) is 0 Å². The van der Waals surface area contributed by atoms with Crippen LogP contribution in [0.5, 0.6) is 0 Å². The Morgan fingerprint density at radius 2 is 2.29 bits per heavy atom. The number of thioether (sulfide) groups is 2. The van der Waals surface area contributed by atoms with E-state index in [1.54, 1.807) is 0 Å². The minimum absolute atomic E-state index is 0.674. The van der Waals surface area contributed by atoms with E-state index in [2.05, 4.69) is 54.4 Å². The van der Waals surface area contributed by atoms with Crippen LogP contribution in [0, 0.1) is 0 Å². The van der Waals surface area contributed by atoms with Gasteiger partial charge in [0.1, 0.15) is 0 Å². The third-order valence-corrected chi connectivity index (χ3v) is 5.96. The molecular weight excluding hydrogens is 210 g/mol. The molecule has 14 heavy (non-hydrogen) atoms. The van der Waals surface area contributed by atoms with Gasteiger partial charge in [0, 0.05) is 6.54 Å². The minimum atomic E-state index is 0.674. The molecule has 0 spiro atoms. The lowest BCUT2D eigenvalue weighted by Gasteiger charge is -2.38. The van der Waals surface area contributed by atoms with E-state index < -0.39 is 0 Å². The molecule has 2 aliphatic rings. The van der Waals surface area contributed by atoms with Gasteiger partial charge in [-0.05, 0) is 13.3 Å². The molecule has 0 aromatic rings. The molecule has 0 aliphatic carbocycles. The zero-order chi connectivity index (χ0) is 9.97. The van der Waals surface area contributed by atoms with Crippen LogP contribution in [-0.4, -0.2) is 26.8 Å². The Hall–Kier alpha value is 0.400. The van der Waals surface area contributed by atoms with E-state index in [0.29, 0.717) is 10.7 Å². The summed E-state index contributed by atoms with van der Waals surface area (Å²) in [6.07, 6.45) is 8.79. The molecule has 2 rings (SSSR count). The van der Waals surface area contributed by atoms with Gasteiger partial charge in [-0.15, -0.1) is 23.5 Å². The minimum Gasteiger partial charge on any atom is -0.273 e. The second-order valence-corrected chi connectivity index (χ2v) is 7.10. The number of rotatable bonds is 3. The average molecular weight is 229 g/mol. The van der Waals surface area contributed by atoms with Crippen LogP contribution in [0.1, 0.15) is 33.1 Å². The van der Waals surface area contributed by atoms with Crippen molar-refractivity contribution < 1.29 is 0 Å². The van der Waals surface area contributed by atoms with Crippen molar-refractivity contribution in [2.75, 3.05) is 6.54 Å². The van der Waals surface area contributed by atoms with Crippen molar-refractivity contribution in [2.45, 2.75) is 48.4 Å². The summed E-state index contributed by atoms with van der Waals surface area (Å²) in [5, 5.41) is 1.38. The van der Waals surface area contributed by atoms with E-state index in [0.717, 1.165) is 11.1 Å². The van der Waals surface area contributed by atoms with Crippen molar-refractivity contribution in [1.29, 1.82) is 0 Å². The van der Waals surface area contributed by atoms with Crippen LogP contribution in [0.4, 0.5) is 0 Å². The second kappa shape index (κ2) is 4.95. The molecular formula is C11H19NS2. The first-order valence-electron chi connectivity index (χ1n) is 5.54. The number of hydrogen-bond donors (Lipinski definition) is 0. The smallest absolute Gasteiger partial charge is 0.0767 e. The summed E-state index contributed by atoms with van der Waals surface area (Å²) < 4.78 is 0.828. The third-order valence-electron chi connectivity index (χ3n) is 2.84.